The normalized spacial score (nSPS) is 13.0. The van der Waals surface area contributed by atoms with E-state index >= 15 is 0 Å². The molecule has 0 saturated heterocycles. The molecule has 48 heavy (non-hydrogen) atoms. The largest absolute Gasteiger partial charge is 0.469 e. The van der Waals surface area contributed by atoms with Gasteiger partial charge in [-0.2, -0.15) is 0 Å². The highest BCUT2D eigenvalue weighted by Gasteiger charge is 2.22. The quantitative estimate of drug-likeness (QED) is 0.0295. The molecular weight excluding hydrogens is 627 g/mol. The number of carbonyl (C=O) groups is 2. The van der Waals surface area contributed by atoms with Crippen LogP contribution in [0.25, 0.3) is 0 Å². The Morgan fingerprint density at radius 1 is 0.542 bits per heavy atom. The van der Waals surface area contributed by atoms with Crippen LogP contribution in [0.4, 0.5) is 0 Å². The smallest absolute Gasteiger partial charge is 0.462 e. The van der Waals surface area contributed by atoms with Gasteiger partial charge in [-0.3, -0.25) is 14.1 Å². The van der Waals surface area contributed by atoms with Crippen LogP contribution in [0.2, 0.25) is 0 Å². The van der Waals surface area contributed by atoms with Gasteiger partial charge in [-0.15, -0.1) is 0 Å². The van der Waals surface area contributed by atoms with Gasteiger partial charge in [0.2, 0.25) is 0 Å². The summed E-state index contributed by atoms with van der Waals surface area (Å²) in [6.07, 6.45) is 41.1. The highest BCUT2D eigenvalue weighted by Crippen LogP contribution is 2.36. The van der Waals surface area contributed by atoms with E-state index in [0.29, 0.717) is 12.8 Å². The Hall–Kier alpha value is -1.99. The van der Waals surface area contributed by atoms with E-state index in [4.69, 9.17) is 19.3 Å². The summed E-state index contributed by atoms with van der Waals surface area (Å²) in [5.74, 6) is -0.923. The van der Waals surface area contributed by atoms with Crippen LogP contribution in [-0.2, 0) is 28.2 Å². The Morgan fingerprint density at radius 2 is 0.938 bits per heavy atom. The standard InChI is InChI=1S/C39H69O8P/c1-3-5-7-9-11-13-15-17-18-19-20-22-23-25-27-29-31-33-38(40)45-35-37(36-46-48(42,43)44)47-39(41)34-32-30-28-26-24-21-16-14-12-10-8-6-4-2/h11,13-14,16-18,20,22,37H,3-10,12,15,19,21,23-36H2,1-2H3,(H2,42,43,44)/b13-11+,16-14+,18-17+,22-20+/t37-/m1/s1. The van der Waals surface area contributed by atoms with E-state index in [1.807, 2.05) is 0 Å². The van der Waals surface area contributed by atoms with Crippen LogP contribution in [-0.4, -0.2) is 41.0 Å². The van der Waals surface area contributed by atoms with Crippen LogP contribution in [0.15, 0.2) is 48.6 Å². The molecule has 0 fully saturated rings. The first-order valence-electron chi connectivity index (χ1n) is 18.9. The molecule has 0 aromatic carbocycles. The number of hydrogen-bond acceptors (Lipinski definition) is 6. The molecule has 0 saturated carbocycles. The lowest BCUT2D eigenvalue weighted by Gasteiger charge is -2.18. The third-order valence-electron chi connectivity index (χ3n) is 7.82. The van der Waals surface area contributed by atoms with Crippen molar-refractivity contribution in [2.45, 2.75) is 174 Å². The van der Waals surface area contributed by atoms with Crippen LogP contribution in [0.1, 0.15) is 168 Å². The second-order valence-corrected chi connectivity index (χ2v) is 13.8. The van der Waals surface area contributed by atoms with Crippen molar-refractivity contribution in [3.05, 3.63) is 48.6 Å². The number of ether oxygens (including phenoxy) is 2. The molecule has 0 aromatic rings. The molecule has 0 radical (unpaired) electrons. The van der Waals surface area contributed by atoms with E-state index < -0.39 is 32.5 Å². The zero-order chi connectivity index (χ0) is 35.4. The molecule has 1 atom stereocenters. The van der Waals surface area contributed by atoms with Crippen LogP contribution >= 0.6 is 7.82 Å². The molecule has 2 N–H and O–H groups in total. The van der Waals surface area contributed by atoms with Crippen molar-refractivity contribution in [2.75, 3.05) is 13.2 Å². The van der Waals surface area contributed by atoms with E-state index in [-0.39, 0.29) is 19.4 Å². The van der Waals surface area contributed by atoms with Gasteiger partial charge in [-0.25, -0.2) is 4.57 Å². The Kier molecular flexibility index (Phi) is 33.4. The second kappa shape index (κ2) is 34.9. The fraction of sp³-hybridized carbons (Fsp3) is 0.744. The first-order valence-corrected chi connectivity index (χ1v) is 20.5. The summed E-state index contributed by atoms with van der Waals surface area (Å²) in [5.41, 5.74) is 0. The number of carbonyl (C=O) groups excluding carboxylic acids is 2. The number of rotatable bonds is 34. The molecule has 0 spiro atoms. The first kappa shape index (κ1) is 46.0. The summed E-state index contributed by atoms with van der Waals surface area (Å²) >= 11 is 0. The fourth-order valence-corrected chi connectivity index (χ4v) is 5.32. The van der Waals surface area contributed by atoms with Crippen LogP contribution in [0, 0.1) is 0 Å². The molecule has 0 aromatic heterocycles. The van der Waals surface area contributed by atoms with Crippen molar-refractivity contribution in [1.29, 1.82) is 0 Å². The van der Waals surface area contributed by atoms with Crippen molar-refractivity contribution < 1.29 is 37.9 Å². The highest BCUT2D eigenvalue weighted by molar-refractivity contribution is 7.46. The number of hydrogen-bond donors (Lipinski definition) is 2. The molecule has 8 nitrogen and oxygen atoms in total. The van der Waals surface area contributed by atoms with E-state index in [2.05, 4.69) is 67.0 Å². The number of phosphoric acid groups is 1. The third kappa shape index (κ3) is 36.8. The highest BCUT2D eigenvalue weighted by atomic mass is 31.2. The Balaban J connectivity index is 4.03. The van der Waals surface area contributed by atoms with Crippen LogP contribution < -0.4 is 0 Å². The molecule has 0 amide bonds. The molecule has 0 heterocycles. The monoisotopic (exact) mass is 696 g/mol. The molecule has 0 rings (SSSR count). The maximum atomic E-state index is 12.3. The number of esters is 2. The van der Waals surface area contributed by atoms with E-state index in [0.717, 1.165) is 77.0 Å². The lowest BCUT2D eigenvalue weighted by Crippen LogP contribution is -2.29. The van der Waals surface area contributed by atoms with Gasteiger partial charge < -0.3 is 19.3 Å². The fourth-order valence-electron chi connectivity index (χ4n) is 4.96. The molecule has 0 aliphatic carbocycles. The molecular formula is C39H69O8P. The molecule has 0 bridgehead atoms. The molecule has 278 valence electrons. The van der Waals surface area contributed by atoms with Crippen LogP contribution in [0.3, 0.4) is 0 Å². The van der Waals surface area contributed by atoms with E-state index in [9.17, 15) is 14.2 Å². The Bertz CT molecular complexity index is 921. The topological polar surface area (TPSA) is 119 Å². The number of unbranched alkanes of at least 4 members (excludes halogenated alkanes) is 16. The number of allylic oxidation sites excluding steroid dienone is 8. The predicted molar refractivity (Wildman–Crippen MR) is 198 cm³/mol. The molecule has 9 heteroatoms. The summed E-state index contributed by atoms with van der Waals surface area (Å²) < 4.78 is 26.3. The third-order valence-corrected chi connectivity index (χ3v) is 8.31. The summed E-state index contributed by atoms with van der Waals surface area (Å²) in [6.45, 7) is 3.60. The first-order chi connectivity index (χ1) is 23.3. The van der Waals surface area contributed by atoms with Crippen molar-refractivity contribution in [3.8, 4) is 0 Å². The summed E-state index contributed by atoms with van der Waals surface area (Å²) in [5, 5.41) is 0. The van der Waals surface area contributed by atoms with Gasteiger partial charge in [-0.1, -0.05) is 127 Å². The molecule has 0 unspecified atom stereocenters. The summed E-state index contributed by atoms with van der Waals surface area (Å²) in [7, 11) is -4.76. The van der Waals surface area contributed by atoms with Crippen molar-refractivity contribution in [1.82, 2.24) is 0 Å². The van der Waals surface area contributed by atoms with Gasteiger partial charge >= 0.3 is 19.8 Å². The zero-order valence-electron chi connectivity index (χ0n) is 30.4. The lowest BCUT2D eigenvalue weighted by molar-refractivity contribution is -0.161. The van der Waals surface area contributed by atoms with Gasteiger partial charge in [0, 0.05) is 12.8 Å². The minimum Gasteiger partial charge on any atom is -0.462 e. The maximum Gasteiger partial charge on any atom is 0.469 e. The van der Waals surface area contributed by atoms with Gasteiger partial charge in [0.15, 0.2) is 6.10 Å². The van der Waals surface area contributed by atoms with Crippen molar-refractivity contribution in [2.24, 2.45) is 0 Å². The van der Waals surface area contributed by atoms with Crippen molar-refractivity contribution >= 4 is 19.8 Å². The SMILES string of the molecule is CCCCC/C=C/C/C=C/C/C=C/CCCCCCC(=O)OC[C@H](COP(=O)(O)O)OC(=O)CCCCCCC/C=C/CCCCCC. The average molecular weight is 697 g/mol. The average Bonchev–Trinajstić information content (AvgIpc) is 3.05. The Labute approximate surface area is 293 Å². The number of phosphoric ester groups is 1. The minimum absolute atomic E-state index is 0.195. The van der Waals surface area contributed by atoms with Gasteiger partial charge in [0.1, 0.15) is 6.61 Å². The maximum absolute atomic E-state index is 12.3. The lowest BCUT2D eigenvalue weighted by atomic mass is 10.1. The van der Waals surface area contributed by atoms with Gasteiger partial charge in [0.25, 0.3) is 0 Å². The Morgan fingerprint density at radius 3 is 1.46 bits per heavy atom. The van der Waals surface area contributed by atoms with E-state index in [1.54, 1.807) is 0 Å². The summed E-state index contributed by atoms with van der Waals surface area (Å²) in [4.78, 5) is 42.7. The molecule has 0 aliphatic rings. The van der Waals surface area contributed by atoms with Crippen LogP contribution in [0.5, 0.6) is 0 Å². The second-order valence-electron chi connectivity index (χ2n) is 12.5. The van der Waals surface area contributed by atoms with Gasteiger partial charge in [0.05, 0.1) is 6.61 Å². The molecule has 0 aliphatic heterocycles. The van der Waals surface area contributed by atoms with Gasteiger partial charge in [-0.05, 0) is 77.0 Å². The zero-order valence-corrected chi connectivity index (χ0v) is 31.3. The summed E-state index contributed by atoms with van der Waals surface area (Å²) in [6, 6.07) is 0. The van der Waals surface area contributed by atoms with E-state index in [1.165, 1.54) is 51.4 Å². The minimum atomic E-state index is -4.76. The van der Waals surface area contributed by atoms with Crippen molar-refractivity contribution in [3.63, 3.8) is 0 Å². The predicted octanol–water partition coefficient (Wildman–Crippen LogP) is 11.2.